The van der Waals surface area contributed by atoms with Crippen molar-refractivity contribution < 1.29 is 14.3 Å². The molecule has 1 aliphatic heterocycles. The lowest BCUT2D eigenvalue weighted by atomic mass is 10.1. The molecule has 1 amide bonds. The number of ether oxygens (including phenoxy) is 1. The summed E-state index contributed by atoms with van der Waals surface area (Å²) in [5, 5.41) is 3.17. The number of anilines is 1. The standard InChI is InChI=1S/C24H21N5O4/c1-33-16-10-8-15(9-11-16)22(31)21-23(26-19-7-4-12-29(19)21)27-20(30)13-28-14-25-18-6-3-2-5-17(18)24(28)32/h2-3,5-6,8-11,14H,4,7,12-13H2,1H3,(H,27,30). The van der Waals surface area contributed by atoms with Gasteiger partial charge >= 0.3 is 0 Å². The Morgan fingerprint density at radius 2 is 1.91 bits per heavy atom. The second-order valence-electron chi connectivity index (χ2n) is 7.78. The number of fused-ring (bicyclic) bond motifs is 2. The van der Waals surface area contributed by atoms with Gasteiger partial charge in [0.25, 0.3) is 5.56 Å². The van der Waals surface area contributed by atoms with E-state index in [1.807, 2.05) is 4.57 Å². The van der Waals surface area contributed by atoms with E-state index in [-0.39, 0.29) is 23.7 Å². The normalized spacial score (nSPS) is 12.5. The first-order chi connectivity index (χ1) is 16.0. The van der Waals surface area contributed by atoms with Crippen molar-refractivity contribution in [2.45, 2.75) is 25.9 Å². The Morgan fingerprint density at radius 3 is 2.70 bits per heavy atom. The van der Waals surface area contributed by atoms with Crippen molar-refractivity contribution in [2.24, 2.45) is 0 Å². The van der Waals surface area contributed by atoms with E-state index < -0.39 is 5.91 Å². The first-order valence-electron chi connectivity index (χ1n) is 10.6. The summed E-state index contributed by atoms with van der Waals surface area (Å²) in [5.41, 5.74) is 1.07. The third kappa shape index (κ3) is 3.78. The van der Waals surface area contributed by atoms with Crippen LogP contribution in [0.1, 0.15) is 28.3 Å². The molecular formula is C24H21N5O4. The minimum Gasteiger partial charge on any atom is -0.497 e. The Hall–Kier alpha value is -4.27. The molecule has 166 valence electrons. The maximum Gasteiger partial charge on any atom is 0.261 e. The molecule has 1 aliphatic rings. The summed E-state index contributed by atoms with van der Waals surface area (Å²) in [5.74, 6) is 0.907. The molecule has 0 saturated heterocycles. The smallest absolute Gasteiger partial charge is 0.261 e. The van der Waals surface area contributed by atoms with Crippen LogP contribution < -0.4 is 15.6 Å². The van der Waals surface area contributed by atoms with E-state index in [9.17, 15) is 14.4 Å². The zero-order chi connectivity index (χ0) is 22.9. The van der Waals surface area contributed by atoms with Gasteiger partial charge in [-0.1, -0.05) is 12.1 Å². The molecule has 2 aromatic heterocycles. The van der Waals surface area contributed by atoms with Crippen molar-refractivity contribution in [1.82, 2.24) is 19.1 Å². The van der Waals surface area contributed by atoms with Gasteiger partial charge in [0.15, 0.2) is 5.82 Å². The van der Waals surface area contributed by atoms with Gasteiger partial charge in [-0.05, 0) is 42.8 Å². The lowest BCUT2D eigenvalue weighted by Gasteiger charge is -2.10. The number of methoxy groups -OCH3 is 1. The van der Waals surface area contributed by atoms with Gasteiger partial charge in [-0.3, -0.25) is 19.0 Å². The molecule has 0 spiro atoms. The molecule has 3 heterocycles. The summed E-state index contributed by atoms with van der Waals surface area (Å²) in [6.45, 7) is 0.415. The van der Waals surface area contributed by atoms with Crippen molar-refractivity contribution >= 4 is 28.4 Å². The first kappa shape index (κ1) is 20.6. The van der Waals surface area contributed by atoms with Gasteiger partial charge in [0.1, 0.15) is 23.8 Å². The third-order valence-corrected chi connectivity index (χ3v) is 5.70. The van der Waals surface area contributed by atoms with Gasteiger partial charge in [0.2, 0.25) is 11.7 Å². The number of nitrogens with zero attached hydrogens (tertiary/aromatic N) is 4. The van der Waals surface area contributed by atoms with Gasteiger partial charge < -0.3 is 14.6 Å². The fourth-order valence-corrected chi connectivity index (χ4v) is 4.07. The Kier molecular flexibility index (Phi) is 5.21. The monoisotopic (exact) mass is 443 g/mol. The maximum absolute atomic E-state index is 13.3. The lowest BCUT2D eigenvalue weighted by molar-refractivity contribution is -0.116. The van der Waals surface area contributed by atoms with E-state index in [2.05, 4.69) is 15.3 Å². The van der Waals surface area contributed by atoms with E-state index in [1.54, 1.807) is 55.6 Å². The zero-order valence-electron chi connectivity index (χ0n) is 17.9. The number of amides is 1. The molecule has 0 bridgehead atoms. The average Bonchev–Trinajstić information content (AvgIpc) is 3.41. The molecule has 1 N–H and O–H groups in total. The summed E-state index contributed by atoms with van der Waals surface area (Å²) in [6, 6.07) is 13.8. The van der Waals surface area contributed by atoms with Gasteiger partial charge in [-0.2, -0.15) is 0 Å². The van der Waals surface area contributed by atoms with Gasteiger partial charge in [-0.25, -0.2) is 9.97 Å². The molecule has 5 rings (SSSR count). The van der Waals surface area contributed by atoms with E-state index >= 15 is 0 Å². The number of carbonyl (C=O) groups excluding carboxylic acids is 2. The predicted molar refractivity (Wildman–Crippen MR) is 122 cm³/mol. The number of aryl methyl sites for hydroxylation is 1. The van der Waals surface area contributed by atoms with Crippen LogP contribution in [0, 0.1) is 0 Å². The molecule has 33 heavy (non-hydrogen) atoms. The molecule has 0 saturated carbocycles. The van der Waals surface area contributed by atoms with Crippen molar-refractivity contribution in [1.29, 1.82) is 0 Å². The number of para-hydroxylation sites is 1. The molecule has 2 aromatic carbocycles. The molecule has 0 radical (unpaired) electrons. The van der Waals surface area contributed by atoms with Crippen LogP contribution in [-0.4, -0.2) is 37.9 Å². The third-order valence-electron chi connectivity index (χ3n) is 5.70. The average molecular weight is 443 g/mol. The van der Waals surface area contributed by atoms with Crippen molar-refractivity contribution in [3.05, 3.63) is 82.3 Å². The van der Waals surface area contributed by atoms with Crippen LogP contribution in [0.5, 0.6) is 5.75 Å². The van der Waals surface area contributed by atoms with Crippen LogP contribution in [0.3, 0.4) is 0 Å². The Bertz CT molecular complexity index is 1440. The second-order valence-corrected chi connectivity index (χ2v) is 7.78. The van der Waals surface area contributed by atoms with E-state index in [4.69, 9.17) is 4.74 Å². The zero-order valence-corrected chi connectivity index (χ0v) is 17.9. The topological polar surface area (TPSA) is 108 Å². The van der Waals surface area contributed by atoms with Crippen molar-refractivity contribution in [3.63, 3.8) is 0 Å². The van der Waals surface area contributed by atoms with Crippen LogP contribution >= 0.6 is 0 Å². The SMILES string of the molecule is COc1ccc(C(=O)c2c(NC(=O)Cn3cnc4ccccc4c3=O)nc3n2CCC3)cc1. The minimum absolute atomic E-state index is 0.206. The van der Waals surface area contributed by atoms with Gasteiger partial charge in [0, 0.05) is 18.5 Å². The maximum atomic E-state index is 13.3. The Labute approximate surface area is 188 Å². The molecule has 0 aliphatic carbocycles. The highest BCUT2D eigenvalue weighted by Crippen LogP contribution is 2.27. The molecular weight excluding hydrogens is 422 g/mol. The highest BCUT2D eigenvalue weighted by atomic mass is 16.5. The Morgan fingerprint density at radius 1 is 1.12 bits per heavy atom. The molecule has 4 aromatic rings. The summed E-state index contributed by atoms with van der Waals surface area (Å²) < 4.78 is 8.26. The van der Waals surface area contributed by atoms with Crippen LogP contribution in [-0.2, 0) is 24.3 Å². The number of nitrogens with one attached hydrogen (secondary N) is 1. The lowest BCUT2D eigenvalue weighted by Crippen LogP contribution is -2.28. The summed E-state index contributed by atoms with van der Waals surface area (Å²) in [7, 11) is 1.56. The highest BCUT2D eigenvalue weighted by molar-refractivity contribution is 6.12. The summed E-state index contributed by atoms with van der Waals surface area (Å²) in [4.78, 5) is 47.6. The molecule has 0 unspecified atom stereocenters. The van der Waals surface area contributed by atoms with E-state index in [0.717, 1.165) is 18.7 Å². The highest BCUT2D eigenvalue weighted by Gasteiger charge is 2.27. The number of ketones is 1. The largest absolute Gasteiger partial charge is 0.497 e. The van der Waals surface area contributed by atoms with Crippen LogP contribution in [0.4, 0.5) is 5.82 Å². The number of hydrogen-bond donors (Lipinski definition) is 1. The Balaban J connectivity index is 1.43. The van der Waals surface area contributed by atoms with Crippen molar-refractivity contribution in [3.8, 4) is 5.75 Å². The molecule has 9 nitrogen and oxygen atoms in total. The quantitative estimate of drug-likeness (QED) is 0.459. The number of carbonyl (C=O) groups is 2. The van der Waals surface area contributed by atoms with Gasteiger partial charge in [0.05, 0.1) is 24.3 Å². The first-order valence-corrected chi connectivity index (χ1v) is 10.6. The van der Waals surface area contributed by atoms with E-state index in [0.29, 0.717) is 34.5 Å². The fraction of sp³-hybridized carbons (Fsp3) is 0.208. The number of imidazole rings is 1. The number of rotatable bonds is 6. The fourth-order valence-electron chi connectivity index (χ4n) is 4.07. The van der Waals surface area contributed by atoms with Crippen LogP contribution in [0.2, 0.25) is 0 Å². The second kappa shape index (κ2) is 8.34. The molecule has 0 fully saturated rings. The van der Waals surface area contributed by atoms with E-state index in [1.165, 1.54) is 10.9 Å². The molecule has 0 atom stereocenters. The number of aromatic nitrogens is 4. The minimum atomic E-state index is -0.463. The van der Waals surface area contributed by atoms with Crippen molar-refractivity contribution in [2.75, 3.05) is 12.4 Å². The predicted octanol–water partition coefficient (Wildman–Crippen LogP) is 2.42. The molecule has 9 heteroatoms. The van der Waals surface area contributed by atoms with Gasteiger partial charge in [-0.15, -0.1) is 0 Å². The summed E-state index contributed by atoms with van der Waals surface area (Å²) >= 11 is 0. The summed E-state index contributed by atoms with van der Waals surface area (Å²) in [6.07, 6.45) is 2.96. The van der Waals surface area contributed by atoms with Crippen LogP contribution in [0.15, 0.2) is 59.7 Å². The number of benzene rings is 2. The van der Waals surface area contributed by atoms with Crippen LogP contribution in [0.25, 0.3) is 10.9 Å². The number of hydrogen-bond acceptors (Lipinski definition) is 6.